The van der Waals surface area contributed by atoms with Crippen LogP contribution in [0, 0.1) is 5.82 Å². The maximum Gasteiger partial charge on any atom is 0.339 e. The number of hydrogen-bond acceptors (Lipinski definition) is 4. The van der Waals surface area contributed by atoms with Gasteiger partial charge in [-0.15, -0.1) is 0 Å². The van der Waals surface area contributed by atoms with E-state index in [4.69, 9.17) is 4.74 Å². The van der Waals surface area contributed by atoms with Crippen LogP contribution in [0.25, 0.3) is 11.1 Å². The second kappa shape index (κ2) is 11.3. The van der Waals surface area contributed by atoms with E-state index in [0.29, 0.717) is 36.3 Å². The number of ether oxygens (including phenoxy) is 1. The number of halogens is 1. The number of benzene rings is 3. The van der Waals surface area contributed by atoms with Gasteiger partial charge in [-0.25, -0.2) is 14.0 Å². The molecule has 0 spiro atoms. The Hall–Kier alpha value is -4.40. The van der Waals surface area contributed by atoms with Crippen molar-refractivity contribution in [2.24, 2.45) is 0 Å². The number of nitrogens with one attached hydrogen (secondary N) is 2. The van der Waals surface area contributed by atoms with Gasteiger partial charge in [0.05, 0.1) is 7.11 Å². The van der Waals surface area contributed by atoms with E-state index in [1.807, 2.05) is 13.8 Å². The molecule has 1 heterocycles. The number of methoxy groups -OCH3 is 1. The third-order valence-corrected chi connectivity index (χ3v) is 6.61. The highest BCUT2D eigenvalue weighted by molar-refractivity contribution is 5.99. The summed E-state index contributed by atoms with van der Waals surface area (Å²) in [5, 5.41) is 14.8. The molecule has 1 aliphatic heterocycles. The fourth-order valence-electron chi connectivity index (χ4n) is 4.57. The van der Waals surface area contributed by atoms with Crippen LogP contribution in [0.15, 0.2) is 60.7 Å². The van der Waals surface area contributed by atoms with Crippen molar-refractivity contribution < 1.29 is 28.6 Å². The molecular weight excluding hydrogens is 489 g/mol. The van der Waals surface area contributed by atoms with Crippen molar-refractivity contribution in [3.05, 3.63) is 77.6 Å². The molecule has 1 fully saturated rings. The minimum Gasteiger partial charge on any atom is -0.496 e. The van der Waals surface area contributed by atoms with Gasteiger partial charge in [-0.3, -0.25) is 4.79 Å². The van der Waals surface area contributed by atoms with Crippen molar-refractivity contribution in [3.8, 4) is 16.9 Å². The van der Waals surface area contributed by atoms with Crippen LogP contribution in [0.2, 0.25) is 0 Å². The number of carbonyl (C=O) groups is 3. The normalized spacial score (nSPS) is 14.9. The molecule has 0 aliphatic carbocycles. The van der Waals surface area contributed by atoms with Crippen LogP contribution < -0.4 is 15.4 Å². The Balaban J connectivity index is 1.41. The summed E-state index contributed by atoms with van der Waals surface area (Å²) in [6.45, 7) is 4.21. The SMILES string of the molecule is COc1cc(-c2ccc(NC(=O)C3CCCN3C(=O)Nc3ccc(C(C)C)c(F)c3)cc2)ccc1C(=O)O. The molecule has 4 rings (SSSR count). The zero-order chi connectivity index (χ0) is 27.4. The summed E-state index contributed by atoms with van der Waals surface area (Å²) in [5.41, 5.74) is 3.13. The highest BCUT2D eigenvalue weighted by Crippen LogP contribution is 2.29. The van der Waals surface area contributed by atoms with Crippen LogP contribution in [-0.4, -0.2) is 47.6 Å². The van der Waals surface area contributed by atoms with E-state index in [1.54, 1.807) is 48.5 Å². The molecular formula is C29H30FN3O5. The lowest BCUT2D eigenvalue weighted by Gasteiger charge is -2.24. The Labute approximate surface area is 220 Å². The average molecular weight is 520 g/mol. The van der Waals surface area contributed by atoms with E-state index in [1.165, 1.54) is 24.1 Å². The molecule has 0 aromatic heterocycles. The van der Waals surface area contributed by atoms with Crippen LogP contribution in [0.5, 0.6) is 5.75 Å². The van der Waals surface area contributed by atoms with E-state index < -0.39 is 18.0 Å². The minimum absolute atomic E-state index is 0.0285. The quantitative estimate of drug-likeness (QED) is 0.357. The van der Waals surface area contributed by atoms with E-state index in [0.717, 1.165) is 11.1 Å². The maximum atomic E-state index is 14.3. The molecule has 3 aromatic carbocycles. The Bertz CT molecular complexity index is 1360. The monoisotopic (exact) mass is 519 g/mol. The van der Waals surface area contributed by atoms with Gasteiger partial charge in [0.25, 0.3) is 0 Å². The largest absolute Gasteiger partial charge is 0.496 e. The van der Waals surface area contributed by atoms with E-state index >= 15 is 0 Å². The van der Waals surface area contributed by atoms with E-state index in [9.17, 15) is 23.9 Å². The van der Waals surface area contributed by atoms with Gasteiger partial charge in [0, 0.05) is 17.9 Å². The number of amides is 3. The molecule has 1 unspecified atom stereocenters. The van der Waals surface area contributed by atoms with Crippen LogP contribution in [0.4, 0.5) is 20.6 Å². The lowest BCUT2D eigenvalue weighted by molar-refractivity contribution is -0.119. The third kappa shape index (κ3) is 5.77. The summed E-state index contributed by atoms with van der Waals surface area (Å²) in [4.78, 5) is 38.7. The second-order valence-electron chi connectivity index (χ2n) is 9.46. The predicted octanol–water partition coefficient (Wildman–Crippen LogP) is 5.96. The van der Waals surface area contributed by atoms with Gasteiger partial charge in [-0.1, -0.05) is 38.1 Å². The first kappa shape index (κ1) is 26.7. The Morgan fingerprint density at radius 1 is 0.974 bits per heavy atom. The molecule has 9 heteroatoms. The molecule has 1 saturated heterocycles. The number of carboxylic acid groups (broad SMARTS) is 1. The molecule has 1 aliphatic rings. The lowest BCUT2D eigenvalue weighted by atomic mass is 10.0. The van der Waals surface area contributed by atoms with Gasteiger partial charge in [-0.05, 0) is 71.8 Å². The smallest absolute Gasteiger partial charge is 0.339 e. The summed E-state index contributed by atoms with van der Waals surface area (Å²) >= 11 is 0. The molecule has 0 radical (unpaired) electrons. The molecule has 3 N–H and O–H groups in total. The van der Waals surface area contributed by atoms with Crippen molar-refractivity contribution in [1.29, 1.82) is 0 Å². The summed E-state index contributed by atoms with van der Waals surface area (Å²) in [6, 6.07) is 15.4. The van der Waals surface area contributed by atoms with Gasteiger partial charge in [0.2, 0.25) is 5.91 Å². The number of likely N-dealkylation sites (tertiary alicyclic amines) is 1. The summed E-state index contributed by atoms with van der Waals surface area (Å²) in [7, 11) is 1.41. The highest BCUT2D eigenvalue weighted by Gasteiger charge is 2.34. The Kier molecular flexibility index (Phi) is 7.95. The average Bonchev–Trinajstić information content (AvgIpc) is 3.39. The molecule has 3 aromatic rings. The first-order valence-electron chi connectivity index (χ1n) is 12.4. The Morgan fingerprint density at radius 3 is 2.29 bits per heavy atom. The first-order chi connectivity index (χ1) is 18.2. The molecule has 0 bridgehead atoms. The number of carboxylic acids is 1. The molecule has 3 amide bonds. The highest BCUT2D eigenvalue weighted by atomic mass is 19.1. The van der Waals surface area contributed by atoms with E-state index in [-0.39, 0.29) is 29.0 Å². The topological polar surface area (TPSA) is 108 Å². The third-order valence-electron chi connectivity index (χ3n) is 6.61. The number of anilines is 2. The van der Waals surface area contributed by atoms with Gasteiger partial charge < -0.3 is 25.4 Å². The fraction of sp³-hybridized carbons (Fsp3) is 0.276. The lowest BCUT2D eigenvalue weighted by Crippen LogP contribution is -2.45. The van der Waals surface area contributed by atoms with Crippen molar-refractivity contribution in [2.75, 3.05) is 24.3 Å². The molecule has 198 valence electrons. The van der Waals surface area contributed by atoms with Crippen LogP contribution >= 0.6 is 0 Å². The molecule has 1 atom stereocenters. The summed E-state index contributed by atoms with van der Waals surface area (Å²) < 4.78 is 19.5. The fourth-order valence-corrected chi connectivity index (χ4v) is 4.57. The van der Waals surface area contributed by atoms with Crippen molar-refractivity contribution in [2.45, 2.75) is 38.6 Å². The summed E-state index contributed by atoms with van der Waals surface area (Å²) in [6.07, 6.45) is 1.20. The zero-order valence-electron chi connectivity index (χ0n) is 21.5. The number of rotatable bonds is 7. The maximum absolute atomic E-state index is 14.3. The van der Waals surface area contributed by atoms with Crippen LogP contribution in [0.3, 0.4) is 0 Å². The van der Waals surface area contributed by atoms with E-state index in [2.05, 4.69) is 10.6 Å². The minimum atomic E-state index is -1.07. The molecule has 0 saturated carbocycles. The van der Waals surface area contributed by atoms with Crippen molar-refractivity contribution in [1.82, 2.24) is 4.90 Å². The number of urea groups is 1. The van der Waals surface area contributed by atoms with Crippen LogP contribution in [-0.2, 0) is 4.79 Å². The number of carbonyl (C=O) groups excluding carboxylic acids is 2. The summed E-state index contributed by atoms with van der Waals surface area (Å²) in [5.74, 6) is -1.48. The number of aromatic carboxylic acids is 1. The zero-order valence-corrected chi connectivity index (χ0v) is 21.5. The van der Waals surface area contributed by atoms with Gasteiger partial charge in [0.1, 0.15) is 23.2 Å². The Morgan fingerprint density at radius 2 is 1.66 bits per heavy atom. The van der Waals surface area contributed by atoms with Gasteiger partial charge >= 0.3 is 12.0 Å². The first-order valence-corrected chi connectivity index (χ1v) is 12.4. The number of nitrogens with zero attached hydrogens (tertiary/aromatic N) is 1. The van der Waals surface area contributed by atoms with Gasteiger partial charge in [0.15, 0.2) is 0 Å². The van der Waals surface area contributed by atoms with Crippen molar-refractivity contribution in [3.63, 3.8) is 0 Å². The van der Waals surface area contributed by atoms with Crippen molar-refractivity contribution >= 4 is 29.3 Å². The van der Waals surface area contributed by atoms with Gasteiger partial charge in [-0.2, -0.15) is 0 Å². The predicted molar refractivity (Wildman–Crippen MR) is 143 cm³/mol. The second-order valence-corrected chi connectivity index (χ2v) is 9.46. The molecule has 38 heavy (non-hydrogen) atoms. The number of hydrogen-bond donors (Lipinski definition) is 3. The molecule has 8 nitrogen and oxygen atoms in total. The standard InChI is InChI=1S/C29H30FN3O5/c1-17(2)22-13-11-21(16-24(22)30)32-29(37)33-14-4-5-25(33)27(34)31-20-9-6-18(7-10-20)19-8-12-23(28(35)36)26(15-19)38-3/h6-13,15-17,25H,4-5,14H2,1-3H3,(H,31,34)(H,32,37)(H,35,36). The van der Waals surface area contributed by atoms with Crippen LogP contribution in [0.1, 0.15) is 48.5 Å².